The van der Waals surface area contributed by atoms with E-state index in [0.29, 0.717) is 11.7 Å². The van der Waals surface area contributed by atoms with Crippen molar-refractivity contribution in [2.75, 3.05) is 5.32 Å². The van der Waals surface area contributed by atoms with Gasteiger partial charge in [-0.3, -0.25) is 0 Å². The van der Waals surface area contributed by atoms with Crippen molar-refractivity contribution in [1.82, 2.24) is 15.3 Å². The van der Waals surface area contributed by atoms with E-state index in [1.165, 1.54) is 0 Å². The van der Waals surface area contributed by atoms with Crippen LogP contribution in [0.3, 0.4) is 0 Å². The minimum absolute atomic E-state index is 0.0228. The number of anilines is 1. The third-order valence-electron chi connectivity index (χ3n) is 3.33. The summed E-state index contributed by atoms with van der Waals surface area (Å²) in [7, 11) is 0. The lowest BCUT2D eigenvalue weighted by molar-refractivity contribution is 0.556. The molecule has 2 aromatic rings. The van der Waals surface area contributed by atoms with Crippen LogP contribution >= 0.6 is 12.2 Å². The SMILES string of the molecule is Cc1ccccc1NC(=S)NCc1cncnc1C(C)(C)C. The number of para-hydroxylation sites is 1. The highest BCUT2D eigenvalue weighted by Crippen LogP contribution is 2.22. The molecule has 1 aromatic heterocycles. The predicted octanol–water partition coefficient (Wildman–Crippen LogP) is 3.57. The third kappa shape index (κ3) is 4.24. The fourth-order valence-electron chi connectivity index (χ4n) is 2.22. The Morgan fingerprint density at radius 2 is 1.95 bits per heavy atom. The van der Waals surface area contributed by atoms with Gasteiger partial charge in [-0.2, -0.15) is 0 Å². The third-order valence-corrected chi connectivity index (χ3v) is 3.58. The van der Waals surface area contributed by atoms with Crippen molar-refractivity contribution in [3.63, 3.8) is 0 Å². The second kappa shape index (κ2) is 6.83. The first-order valence-electron chi connectivity index (χ1n) is 7.28. The molecular weight excluding hydrogens is 292 g/mol. The van der Waals surface area contributed by atoms with Gasteiger partial charge in [-0.05, 0) is 30.8 Å². The summed E-state index contributed by atoms with van der Waals surface area (Å²) < 4.78 is 0. The molecule has 0 spiro atoms. The molecule has 4 nitrogen and oxygen atoms in total. The molecule has 0 radical (unpaired) electrons. The molecule has 0 aliphatic rings. The molecular formula is C17H22N4S. The van der Waals surface area contributed by atoms with E-state index in [4.69, 9.17) is 12.2 Å². The maximum absolute atomic E-state index is 5.37. The van der Waals surface area contributed by atoms with Gasteiger partial charge in [-0.25, -0.2) is 9.97 Å². The van der Waals surface area contributed by atoms with Crippen molar-refractivity contribution in [1.29, 1.82) is 0 Å². The van der Waals surface area contributed by atoms with Crippen molar-refractivity contribution in [2.45, 2.75) is 39.7 Å². The summed E-state index contributed by atoms with van der Waals surface area (Å²) in [6.45, 7) is 9.08. The first-order chi connectivity index (χ1) is 10.4. The lowest BCUT2D eigenvalue weighted by atomic mass is 9.89. The van der Waals surface area contributed by atoms with Gasteiger partial charge >= 0.3 is 0 Å². The van der Waals surface area contributed by atoms with Crippen LogP contribution in [0.1, 0.15) is 37.6 Å². The van der Waals surface area contributed by atoms with E-state index in [0.717, 1.165) is 22.5 Å². The predicted molar refractivity (Wildman–Crippen MR) is 95.0 cm³/mol. The highest BCUT2D eigenvalue weighted by atomic mass is 32.1. The van der Waals surface area contributed by atoms with Gasteiger partial charge in [-0.1, -0.05) is 39.0 Å². The zero-order valence-electron chi connectivity index (χ0n) is 13.5. The second-order valence-corrected chi connectivity index (χ2v) is 6.68. The summed E-state index contributed by atoms with van der Waals surface area (Å²) in [4.78, 5) is 8.53. The maximum Gasteiger partial charge on any atom is 0.171 e. The molecule has 0 unspecified atom stereocenters. The van der Waals surface area contributed by atoms with Crippen LogP contribution in [0.15, 0.2) is 36.8 Å². The van der Waals surface area contributed by atoms with Crippen molar-refractivity contribution in [3.8, 4) is 0 Å². The summed E-state index contributed by atoms with van der Waals surface area (Å²) in [6.07, 6.45) is 3.44. The van der Waals surface area contributed by atoms with E-state index < -0.39 is 0 Å². The molecule has 0 aliphatic carbocycles. The van der Waals surface area contributed by atoms with Crippen molar-refractivity contribution in [3.05, 3.63) is 53.6 Å². The van der Waals surface area contributed by atoms with E-state index >= 15 is 0 Å². The summed E-state index contributed by atoms with van der Waals surface area (Å²) >= 11 is 5.37. The molecule has 5 heteroatoms. The first kappa shape index (κ1) is 16.4. The molecule has 1 heterocycles. The average molecular weight is 314 g/mol. The van der Waals surface area contributed by atoms with Crippen LogP contribution in [0.2, 0.25) is 0 Å². The molecule has 0 bridgehead atoms. The Morgan fingerprint density at radius 1 is 1.23 bits per heavy atom. The van der Waals surface area contributed by atoms with Crippen LogP contribution in [0.25, 0.3) is 0 Å². The molecule has 0 aliphatic heterocycles. The van der Waals surface area contributed by atoms with Gasteiger partial charge in [0.05, 0.1) is 5.69 Å². The molecule has 0 atom stereocenters. The second-order valence-electron chi connectivity index (χ2n) is 6.27. The van der Waals surface area contributed by atoms with Gasteiger partial charge in [0.15, 0.2) is 5.11 Å². The van der Waals surface area contributed by atoms with Crippen LogP contribution in [-0.4, -0.2) is 15.1 Å². The zero-order chi connectivity index (χ0) is 16.2. The summed E-state index contributed by atoms with van der Waals surface area (Å²) in [5, 5.41) is 7.04. The average Bonchev–Trinajstić information content (AvgIpc) is 2.47. The molecule has 22 heavy (non-hydrogen) atoms. The fourth-order valence-corrected chi connectivity index (χ4v) is 2.40. The van der Waals surface area contributed by atoms with Crippen molar-refractivity contribution >= 4 is 23.0 Å². The van der Waals surface area contributed by atoms with Crippen molar-refractivity contribution < 1.29 is 0 Å². The first-order valence-corrected chi connectivity index (χ1v) is 7.68. The zero-order valence-corrected chi connectivity index (χ0v) is 14.3. The Labute approximate surface area is 137 Å². The van der Waals surface area contributed by atoms with Crippen LogP contribution in [-0.2, 0) is 12.0 Å². The van der Waals surface area contributed by atoms with Crippen molar-refractivity contribution in [2.24, 2.45) is 0 Å². The van der Waals surface area contributed by atoms with E-state index in [1.54, 1.807) is 6.33 Å². The normalized spacial score (nSPS) is 11.1. The van der Waals surface area contributed by atoms with Gasteiger partial charge < -0.3 is 10.6 Å². The molecule has 2 N–H and O–H groups in total. The molecule has 0 amide bonds. The number of rotatable bonds is 3. The van der Waals surface area contributed by atoms with Gasteiger partial charge in [0, 0.05) is 29.4 Å². The minimum Gasteiger partial charge on any atom is -0.358 e. The molecule has 0 saturated carbocycles. The maximum atomic E-state index is 5.37. The van der Waals surface area contributed by atoms with Crippen LogP contribution in [0.4, 0.5) is 5.69 Å². The molecule has 2 rings (SSSR count). The molecule has 116 valence electrons. The number of nitrogens with one attached hydrogen (secondary N) is 2. The Morgan fingerprint density at radius 3 is 2.64 bits per heavy atom. The van der Waals surface area contributed by atoms with Crippen LogP contribution in [0.5, 0.6) is 0 Å². The van der Waals surface area contributed by atoms with E-state index in [-0.39, 0.29) is 5.41 Å². The summed E-state index contributed by atoms with van der Waals surface area (Å²) in [6, 6.07) is 8.05. The van der Waals surface area contributed by atoms with Gasteiger partial charge in [0.2, 0.25) is 0 Å². The highest BCUT2D eigenvalue weighted by molar-refractivity contribution is 7.80. The summed E-state index contributed by atoms with van der Waals surface area (Å²) in [5.41, 5.74) is 4.24. The number of thiocarbonyl (C=S) groups is 1. The Bertz CT molecular complexity index is 662. The number of nitrogens with zero attached hydrogens (tertiary/aromatic N) is 2. The molecule has 0 saturated heterocycles. The Kier molecular flexibility index (Phi) is 5.08. The number of hydrogen-bond donors (Lipinski definition) is 2. The monoisotopic (exact) mass is 314 g/mol. The minimum atomic E-state index is -0.0228. The molecule has 1 aromatic carbocycles. The Balaban J connectivity index is 2.02. The van der Waals surface area contributed by atoms with Crippen LogP contribution in [0, 0.1) is 6.92 Å². The lowest BCUT2D eigenvalue weighted by Crippen LogP contribution is -2.30. The highest BCUT2D eigenvalue weighted by Gasteiger charge is 2.19. The smallest absolute Gasteiger partial charge is 0.171 e. The van der Waals surface area contributed by atoms with Gasteiger partial charge in [0.25, 0.3) is 0 Å². The number of aryl methyl sites for hydroxylation is 1. The lowest BCUT2D eigenvalue weighted by Gasteiger charge is -2.21. The number of benzene rings is 1. The van der Waals surface area contributed by atoms with Gasteiger partial charge in [-0.15, -0.1) is 0 Å². The van der Waals surface area contributed by atoms with E-state index in [1.807, 2.05) is 37.4 Å². The summed E-state index contributed by atoms with van der Waals surface area (Å²) in [5.74, 6) is 0. The molecule has 0 fully saturated rings. The van der Waals surface area contributed by atoms with E-state index in [9.17, 15) is 0 Å². The standard InChI is InChI=1S/C17H22N4S/c1-12-7-5-6-8-14(12)21-16(22)19-10-13-9-18-11-20-15(13)17(2,3)4/h5-9,11H,10H2,1-4H3,(H2,19,21,22). The Hall–Kier alpha value is -2.01. The fraction of sp³-hybridized carbons (Fsp3) is 0.353. The van der Waals surface area contributed by atoms with E-state index in [2.05, 4.69) is 41.4 Å². The number of hydrogen-bond acceptors (Lipinski definition) is 3. The topological polar surface area (TPSA) is 49.8 Å². The van der Waals surface area contributed by atoms with Crippen LogP contribution < -0.4 is 10.6 Å². The quantitative estimate of drug-likeness (QED) is 0.848. The van der Waals surface area contributed by atoms with Gasteiger partial charge in [0.1, 0.15) is 6.33 Å². The number of aromatic nitrogens is 2. The largest absolute Gasteiger partial charge is 0.358 e.